The average molecular weight is 361 g/mol. The van der Waals surface area contributed by atoms with Gasteiger partial charge in [-0.1, -0.05) is 0 Å². The number of benzene rings is 1. The van der Waals surface area contributed by atoms with Crippen molar-refractivity contribution in [3.63, 3.8) is 0 Å². The van der Waals surface area contributed by atoms with Gasteiger partial charge >= 0.3 is 6.36 Å². The van der Waals surface area contributed by atoms with Crippen LogP contribution >= 0.6 is 15.9 Å². The maximum Gasteiger partial charge on any atom is 0.573 e. The van der Waals surface area contributed by atoms with Crippen molar-refractivity contribution in [3.8, 4) is 5.75 Å². The number of rotatable bonds is 3. The van der Waals surface area contributed by atoms with Crippen LogP contribution in [0.3, 0.4) is 0 Å². The quantitative estimate of drug-likeness (QED) is 0.841. The number of ether oxygens (including phenoxy) is 1. The number of halogens is 4. The summed E-state index contributed by atoms with van der Waals surface area (Å²) in [5, 5.41) is 2.54. The smallest absolute Gasteiger partial charge is 0.406 e. The minimum Gasteiger partial charge on any atom is -0.406 e. The van der Waals surface area contributed by atoms with Crippen LogP contribution in [0, 0.1) is 0 Å². The maximum atomic E-state index is 12.0. The zero-order valence-electron chi connectivity index (χ0n) is 10.3. The lowest BCUT2D eigenvalue weighted by molar-refractivity contribution is -0.274. The predicted octanol–water partition coefficient (Wildman–Crippen LogP) is 4.00. The monoisotopic (exact) mass is 360 g/mol. The number of pyridine rings is 1. The van der Waals surface area contributed by atoms with Gasteiger partial charge in [0.25, 0.3) is 5.91 Å². The molecular weight excluding hydrogens is 353 g/mol. The van der Waals surface area contributed by atoms with Gasteiger partial charge in [-0.3, -0.25) is 4.79 Å². The number of hydrogen-bond donors (Lipinski definition) is 1. The number of aromatic nitrogens is 1. The summed E-state index contributed by atoms with van der Waals surface area (Å²) in [5.41, 5.74) is 0.651. The van der Waals surface area contributed by atoms with E-state index in [1.165, 1.54) is 18.3 Å². The highest BCUT2D eigenvalue weighted by Crippen LogP contribution is 2.24. The van der Waals surface area contributed by atoms with Gasteiger partial charge in [0.05, 0.1) is 5.56 Å². The van der Waals surface area contributed by atoms with Gasteiger partial charge in [-0.2, -0.15) is 0 Å². The average Bonchev–Trinajstić information content (AvgIpc) is 2.40. The van der Waals surface area contributed by atoms with Crippen LogP contribution in [-0.2, 0) is 0 Å². The Labute approximate surface area is 126 Å². The molecule has 0 spiro atoms. The number of hydrogen-bond acceptors (Lipinski definition) is 3. The van der Waals surface area contributed by atoms with Crippen molar-refractivity contribution in [2.24, 2.45) is 0 Å². The molecule has 0 unspecified atom stereocenters. The molecule has 1 N–H and O–H groups in total. The second kappa shape index (κ2) is 6.13. The largest absolute Gasteiger partial charge is 0.573 e. The minimum absolute atomic E-state index is 0.313. The molecule has 1 aromatic heterocycles. The Morgan fingerprint density at radius 1 is 1.19 bits per heavy atom. The Morgan fingerprint density at radius 3 is 2.43 bits per heavy atom. The lowest BCUT2D eigenvalue weighted by atomic mass is 10.2. The first-order chi connectivity index (χ1) is 9.85. The molecule has 0 bridgehead atoms. The van der Waals surface area contributed by atoms with Crippen LogP contribution in [0.2, 0.25) is 0 Å². The molecule has 2 rings (SSSR count). The highest BCUT2D eigenvalue weighted by atomic mass is 79.9. The number of nitrogens with one attached hydrogen (secondary N) is 1. The van der Waals surface area contributed by atoms with Crippen molar-refractivity contribution in [2.75, 3.05) is 5.32 Å². The molecule has 0 aliphatic heterocycles. The van der Waals surface area contributed by atoms with E-state index in [4.69, 9.17) is 0 Å². The molecule has 0 saturated carbocycles. The molecule has 1 heterocycles. The molecule has 110 valence electrons. The zero-order valence-corrected chi connectivity index (χ0v) is 11.9. The highest BCUT2D eigenvalue weighted by molar-refractivity contribution is 9.10. The van der Waals surface area contributed by atoms with E-state index in [9.17, 15) is 18.0 Å². The van der Waals surface area contributed by atoms with E-state index in [1.54, 1.807) is 12.1 Å². The second-order valence-corrected chi connectivity index (χ2v) is 4.62. The normalized spacial score (nSPS) is 11.0. The van der Waals surface area contributed by atoms with E-state index >= 15 is 0 Å². The SMILES string of the molecule is O=C(Nc1ccc(OC(F)(F)F)cc1)c1cccnc1Br. The Morgan fingerprint density at radius 2 is 1.86 bits per heavy atom. The molecule has 0 radical (unpaired) electrons. The summed E-state index contributed by atoms with van der Waals surface area (Å²) in [5.74, 6) is -0.789. The number of alkyl halides is 3. The molecule has 0 aliphatic rings. The lowest BCUT2D eigenvalue weighted by Gasteiger charge is -2.10. The summed E-state index contributed by atoms with van der Waals surface area (Å²) < 4.78 is 40.2. The van der Waals surface area contributed by atoms with Gasteiger partial charge < -0.3 is 10.1 Å². The molecular formula is C13H8BrF3N2O2. The molecule has 21 heavy (non-hydrogen) atoms. The Balaban J connectivity index is 2.07. The first-order valence-electron chi connectivity index (χ1n) is 5.63. The van der Waals surface area contributed by atoms with Crippen molar-refractivity contribution >= 4 is 27.5 Å². The number of anilines is 1. The van der Waals surface area contributed by atoms with Gasteiger partial charge in [0.2, 0.25) is 0 Å². The van der Waals surface area contributed by atoms with Gasteiger partial charge in [-0.15, -0.1) is 13.2 Å². The predicted molar refractivity (Wildman–Crippen MR) is 73.0 cm³/mol. The van der Waals surface area contributed by atoms with Crippen molar-refractivity contribution < 1.29 is 22.7 Å². The summed E-state index contributed by atoms with van der Waals surface area (Å²) in [6, 6.07) is 8.00. The van der Waals surface area contributed by atoms with Crippen LogP contribution in [0.1, 0.15) is 10.4 Å². The summed E-state index contributed by atoms with van der Waals surface area (Å²) in [6.07, 6.45) is -3.23. The standard InChI is InChI=1S/C13H8BrF3N2O2/c14-11-10(2-1-7-18-11)12(20)19-8-3-5-9(6-4-8)21-13(15,16)17/h1-7H,(H,19,20). The number of amides is 1. The van der Waals surface area contributed by atoms with Gasteiger partial charge in [-0.25, -0.2) is 4.98 Å². The fourth-order valence-electron chi connectivity index (χ4n) is 1.49. The number of carbonyl (C=O) groups excluding carboxylic acids is 1. The highest BCUT2D eigenvalue weighted by Gasteiger charge is 2.30. The fourth-order valence-corrected chi connectivity index (χ4v) is 1.92. The van der Waals surface area contributed by atoms with Crippen molar-refractivity contribution in [3.05, 3.63) is 52.8 Å². The molecule has 2 aromatic rings. The Bertz CT molecular complexity index is 645. The third-order valence-corrected chi connectivity index (χ3v) is 2.98. The number of carbonyl (C=O) groups is 1. The molecule has 4 nitrogen and oxygen atoms in total. The number of nitrogens with zero attached hydrogens (tertiary/aromatic N) is 1. The molecule has 8 heteroatoms. The first kappa shape index (κ1) is 15.3. The van der Waals surface area contributed by atoms with Crippen LogP contribution in [0.15, 0.2) is 47.2 Å². The molecule has 0 saturated heterocycles. The third-order valence-electron chi connectivity index (χ3n) is 2.35. The molecule has 0 aliphatic carbocycles. The van der Waals surface area contributed by atoms with E-state index in [1.807, 2.05) is 0 Å². The van der Waals surface area contributed by atoms with E-state index in [0.29, 0.717) is 15.9 Å². The molecule has 0 atom stereocenters. The molecule has 1 amide bonds. The van der Waals surface area contributed by atoms with Gasteiger partial charge in [-0.05, 0) is 52.3 Å². The van der Waals surface area contributed by atoms with E-state index in [0.717, 1.165) is 12.1 Å². The second-order valence-electron chi connectivity index (χ2n) is 3.87. The van der Waals surface area contributed by atoms with Gasteiger partial charge in [0.15, 0.2) is 0 Å². The van der Waals surface area contributed by atoms with E-state index in [-0.39, 0.29) is 5.75 Å². The van der Waals surface area contributed by atoms with Crippen molar-refractivity contribution in [1.29, 1.82) is 0 Å². The minimum atomic E-state index is -4.74. The van der Waals surface area contributed by atoms with Gasteiger partial charge in [0.1, 0.15) is 10.4 Å². The van der Waals surface area contributed by atoms with Crippen molar-refractivity contribution in [2.45, 2.75) is 6.36 Å². The van der Waals surface area contributed by atoms with Crippen LogP contribution in [-0.4, -0.2) is 17.3 Å². The van der Waals surface area contributed by atoms with Crippen LogP contribution in [0.4, 0.5) is 18.9 Å². The van der Waals surface area contributed by atoms with E-state index < -0.39 is 12.3 Å². The summed E-state index contributed by atoms with van der Waals surface area (Å²) >= 11 is 3.14. The van der Waals surface area contributed by atoms with Crippen LogP contribution < -0.4 is 10.1 Å². The van der Waals surface area contributed by atoms with Crippen LogP contribution in [0.25, 0.3) is 0 Å². The van der Waals surface area contributed by atoms with E-state index in [2.05, 4.69) is 31.0 Å². The summed E-state index contributed by atoms with van der Waals surface area (Å²) in [4.78, 5) is 15.9. The zero-order chi connectivity index (χ0) is 15.5. The third kappa shape index (κ3) is 4.45. The fraction of sp³-hybridized carbons (Fsp3) is 0.0769. The maximum absolute atomic E-state index is 12.0. The first-order valence-corrected chi connectivity index (χ1v) is 6.42. The van der Waals surface area contributed by atoms with Crippen molar-refractivity contribution in [1.82, 2.24) is 4.98 Å². The Hall–Kier alpha value is -2.09. The molecule has 1 aromatic carbocycles. The topological polar surface area (TPSA) is 51.2 Å². The lowest BCUT2D eigenvalue weighted by Crippen LogP contribution is -2.17. The summed E-state index contributed by atoms with van der Waals surface area (Å²) in [7, 11) is 0. The summed E-state index contributed by atoms with van der Waals surface area (Å²) in [6.45, 7) is 0. The van der Waals surface area contributed by atoms with Crippen LogP contribution in [0.5, 0.6) is 5.75 Å². The Kier molecular flexibility index (Phi) is 4.46. The van der Waals surface area contributed by atoms with Gasteiger partial charge in [0, 0.05) is 11.9 Å². The molecule has 0 fully saturated rings.